The number of nitrogens with zero attached hydrogens (tertiary/aromatic N) is 4. The van der Waals surface area contributed by atoms with Crippen molar-refractivity contribution in [2.24, 2.45) is 7.05 Å². The quantitative estimate of drug-likeness (QED) is 0.636. The summed E-state index contributed by atoms with van der Waals surface area (Å²) in [5.74, 6) is -3.30. The van der Waals surface area contributed by atoms with Gasteiger partial charge in [-0.2, -0.15) is 5.10 Å². The van der Waals surface area contributed by atoms with Crippen LogP contribution >= 0.6 is 0 Å². The third-order valence-corrected chi connectivity index (χ3v) is 4.69. The first-order valence-corrected chi connectivity index (χ1v) is 9.16. The van der Waals surface area contributed by atoms with Gasteiger partial charge < -0.3 is 9.64 Å². The third-order valence-electron chi connectivity index (χ3n) is 4.69. The van der Waals surface area contributed by atoms with E-state index in [0.717, 1.165) is 29.2 Å². The van der Waals surface area contributed by atoms with Gasteiger partial charge >= 0.3 is 0 Å². The number of carbonyl (C=O) groups excluding carboxylic acids is 1. The summed E-state index contributed by atoms with van der Waals surface area (Å²) in [5, 5.41) is 4.17. The fourth-order valence-electron chi connectivity index (χ4n) is 3.30. The highest BCUT2D eigenvalue weighted by Crippen LogP contribution is 2.31. The highest BCUT2D eigenvalue weighted by molar-refractivity contribution is 6.00. The summed E-state index contributed by atoms with van der Waals surface area (Å²) in [5.41, 5.74) is 4.02. The fraction of sp³-hybridized carbons (Fsp3) is 0.286. The Hall–Kier alpha value is -3.29. The molecule has 29 heavy (non-hydrogen) atoms. The van der Waals surface area contributed by atoms with E-state index in [-0.39, 0.29) is 17.4 Å². The average Bonchev–Trinajstić information content (AvgIpc) is 3.24. The van der Waals surface area contributed by atoms with E-state index in [4.69, 9.17) is 4.74 Å². The van der Waals surface area contributed by atoms with Crippen molar-refractivity contribution >= 4 is 5.91 Å². The highest BCUT2D eigenvalue weighted by atomic mass is 19.3. The first-order chi connectivity index (χ1) is 13.8. The number of alkyl halides is 2. The summed E-state index contributed by atoms with van der Waals surface area (Å²) in [6, 6.07) is 9.62. The number of amides is 1. The summed E-state index contributed by atoms with van der Waals surface area (Å²) in [4.78, 5) is 18.5. The highest BCUT2D eigenvalue weighted by Gasteiger charge is 2.33. The molecule has 3 aromatic rings. The average molecular weight is 398 g/mol. The molecule has 4 rings (SSSR count). The van der Waals surface area contributed by atoms with Crippen molar-refractivity contribution in [3.05, 3.63) is 65.6 Å². The van der Waals surface area contributed by atoms with Crippen LogP contribution in [0.1, 0.15) is 28.4 Å². The molecule has 0 unspecified atom stereocenters. The number of benzene rings is 1. The van der Waals surface area contributed by atoms with Gasteiger partial charge in [0.25, 0.3) is 11.8 Å². The SMILES string of the molecule is Cn1cc(-c2ccc(CN3Cc4ccnc(OCC(C)(F)F)c4C3=O)cc2)cn1. The second-order valence-corrected chi connectivity index (χ2v) is 7.27. The lowest BCUT2D eigenvalue weighted by atomic mass is 10.1. The number of carbonyl (C=O) groups is 1. The Morgan fingerprint density at radius 3 is 2.59 bits per heavy atom. The first-order valence-electron chi connectivity index (χ1n) is 9.16. The number of aryl methyl sites for hydroxylation is 1. The van der Waals surface area contributed by atoms with E-state index in [0.29, 0.717) is 13.1 Å². The molecular weight excluding hydrogens is 378 g/mol. The van der Waals surface area contributed by atoms with Gasteiger partial charge in [-0.15, -0.1) is 0 Å². The minimum absolute atomic E-state index is 0.0385. The Bertz CT molecular complexity index is 1040. The van der Waals surface area contributed by atoms with Gasteiger partial charge in [-0.1, -0.05) is 24.3 Å². The molecule has 1 aliphatic heterocycles. The van der Waals surface area contributed by atoms with Crippen LogP contribution in [0.5, 0.6) is 5.88 Å². The van der Waals surface area contributed by atoms with E-state index in [1.165, 1.54) is 6.20 Å². The van der Waals surface area contributed by atoms with Gasteiger partial charge in [-0.3, -0.25) is 9.48 Å². The minimum atomic E-state index is -3.00. The molecule has 6 nitrogen and oxygen atoms in total. The zero-order valence-corrected chi connectivity index (χ0v) is 16.1. The summed E-state index contributed by atoms with van der Waals surface area (Å²) in [6.07, 6.45) is 5.20. The number of rotatable bonds is 6. The molecule has 0 aliphatic carbocycles. The molecule has 150 valence electrons. The van der Waals surface area contributed by atoms with Crippen molar-refractivity contribution in [2.75, 3.05) is 6.61 Å². The molecule has 8 heteroatoms. The van der Waals surface area contributed by atoms with Crippen LogP contribution in [0.3, 0.4) is 0 Å². The van der Waals surface area contributed by atoms with Gasteiger partial charge in [-0.05, 0) is 22.8 Å². The lowest BCUT2D eigenvalue weighted by molar-refractivity contribution is -0.0245. The zero-order chi connectivity index (χ0) is 20.6. The number of halogens is 2. The molecular formula is C21H20F2N4O2. The molecule has 0 radical (unpaired) electrons. The lowest BCUT2D eigenvalue weighted by Crippen LogP contribution is -2.25. The Morgan fingerprint density at radius 1 is 1.17 bits per heavy atom. The predicted octanol–water partition coefficient (Wildman–Crippen LogP) is 3.67. The Balaban J connectivity index is 1.48. The van der Waals surface area contributed by atoms with Gasteiger partial charge in [0.05, 0.1) is 6.20 Å². The van der Waals surface area contributed by atoms with Gasteiger partial charge in [0.2, 0.25) is 5.88 Å². The standard InChI is InChI=1S/C21H20F2N4O2/c1-21(22,23)13-29-19-18-16(7-8-24-19)12-27(20(18)28)10-14-3-5-15(6-4-14)17-9-25-26(2)11-17/h3-9,11H,10,12-13H2,1-2H3. The maximum Gasteiger partial charge on any atom is 0.278 e. The summed E-state index contributed by atoms with van der Waals surface area (Å²) in [6.45, 7) is 0.739. The number of hydrogen-bond acceptors (Lipinski definition) is 4. The molecule has 0 spiro atoms. The van der Waals surface area contributed by atoms with Crippen LogP contribution in [0.2, 0.25) is 0 Å². The van der Waals surface area contributed by atoms with E-state index in [9.17, 15) is 13.6 Å². The van der Waals surface area contributed by atoms with Crippen molar-refractivity contribution < 1.29 is 18.3 Å². The van der Waals surface area contributed by atoms with Crippen LogP contribution in [-0.4, -0.2) is 38.1 Å². The topological polar surface area (TPSA) is 60.2 Å². The second kappa shape index (κ2) is 7.27. The molecule has 1 amide bonds. The molecule has 0 bridgehead atoms. The van der Waals surface area contributed by atoms with E-state index in [1.54, 1.807) is 21.8 Å². The van der Waals surface area contributed by atoms with Gasteiger partial charge in [-0.25, -0.2) is 13.8 Å². The Labute approximate surface area is 166 Å². The maximum absolute atomic E-state index is 13.1. The van der Waals surface area contributed by atoms with E-state index >= 15 is 0 Å². The molecule has 3 heterocycles. The Kier molecular flexibility index (Phi) is 4.77. The summed E-state index contributed by atoms with van der Waals surface area (Å²) in [7, 11) is 1.86. The van der Waals surface area contributed by atoms with Crippen LogP contribution in [0.4, 0.5) is 8.78 Å². The van der Waals surface area contributed by atoms with Crippen molar-refractivity contribution in [3.8, 4) is 17.0 Å². The Morgan fingerprint density at radius 2 is 1.93 bits per heavy atom. The largest absolute Gasteiger partial charge is 0.471 e. The molecule has 1 aliphatic rings. The van der Waals surface area contributed by atoms with Crippen LogP contribution in [0.25, 0.3) is 11.1 Å². The van der Waals surface area contributed by atoms with Gasteiger partial charge in [0.1, 0.15) is 5.56 Å². The maximum atomic E-state index is 13.1. The molecule has 0 N–H and O–H groups in total. The van der Waals surface area contributed by atoms with Crippen molar-refractivity contribution in [3.63, 3.8) is 0 Å². The molecule has 1 aromatic carbocycles. The molecule has 0 fully saturated rings. The van der Waals surface area contributed by atoms with Crippen LogP contribution in [-0.2, 0) is 20.1 Å². The number of hydrogen-bond donors (Lipinski definition) is 0. The molecule has 0 saturated carbocycles. The molecule has 0 atom stereocenters. The number of pyridine rings is 1. The van der Waals surface area contributed by atoms with E-state index < -0.39 is 12.5 Å². The smallest absolute Gasteiger partial charge is 0.278 e. The van der Waals surface area contributed by atoms with E-state index in [1.807, 2.05) is 37.5 Å². The monoisotopic (exact) mass is 398 g/mol. The predicted molar refractivity (Wildman–Crippen MR) is 103 cm³/mol. The van der Waals surface area contributed by atoms with Crippen molar-refractivity contribution in [1.82, 2.24) is 19.7 Å². The van der Waals surface area contributed by atoms with Gasteiger partial charge in [0.15, 0.2) is 6.61 Å². The van der Waals surface area contributed by atoms with Gasteiger partial charge in [0, 0.05) is 45.0 Å². The van der Waals surface area contributed by atoms with Crippen LogP contribution in [0.15, 0.2) is 48.9 Å². The van der Waals surface area contributed by atoms with Crippen LogP contribution < -0.4 is 4.74 Å². The number of ether oxygens (including phenoxy) is 1. The first kappa shape index (κ1) is 19.0. The normalized spacial score (nSPS) is 13.7. The lowest BCUT2D eigenvalue weighted by Gasteiger charge is -2.16. The molecule has 0 saturated heterocycles. The van der Waals surface area contributed by atoms with Crippen molar-refractivity contribution in [2.45, 2.75) is 25.9 Å². The summed E-state index contributed by atoms with van der Waals surface area (Å²) < 4.78 is 33.1. The minimum Gasteiger partial charge on any atom is -0.471 e. The fourth-order valence-corrected chi connectivity index (χ4v) is 3.30. The number of aromatic nitrogens is 3. The van der Waals surface area contributed by atoms with Crippen LogP contribution in [0, 0.1) is 0 Å². The molecule has 2 aromatic heterocycles. The summed E-state index contributed by atoms with van der Waals surface area (Å²) >= 11 is 0. The third kappa shape index (κ3) is 4.11. The second-order valence-electron chi connectivity index (χ2n) is 7.27. The number of fused-ring (bicyclic) bond motifs is 1. The zero-order valence-electron chi connectivity index (χ0n) is 16.1. The van der Waals surface area contributed by atoms with E-state index in [2.05, 4.69) is 10.1 Å². The van der Waals surface area contributed by atoms with Crippen molar-refractivity contribution in [1.29, 1.82) is 0 Å².